The molecule has 1 aliphatic heterocycles. The SMILES string of the molecule is CC1COCCN1c1ccc2c(C(=O)O)cccc2n1. The number of ether oxygens (including phenoxy) is 1. The molecule has 0 saturated carbocycles. The maximum atomic E-state index is 11.2. The Balaban J connectivity index is 2.05. The normalized spacial score (nSPS) is 19.2. The van der Waals surface area contributed by atoms with Gasteiger partial charge in [0, 0.05) is 11.9 Å². The average Bonchev–Trinajstić information content (AvgIpc) is 2.46. The fourth-order valence-corrected chi connectivity index (χ4v) is 2.56. The number of carboxylic acid groups (broad SMARTS) is 1. The summed E-state index contributed by atoms with van der Waals surface area (Å²) in [4.78, 5) is 18.0. The zero-order valence-corrected chi connectivity index (χ0v) is 11.2. The van der Waals surface area contributed by atoms with Crippen molar-refractivity contribution >= 4 is 22.7 Å². The van der Waals surface area contributed by atoms with Gasteiger partial charge in [0.05, 0.1) is 30.3 Å². The number of anilines is 1. The highest BCUT2D eigenvalue weighted by Crippen LogP contribution is 2.23. The van der Waals surface area contributed by atoms with Crippen molar-refractivity contribution in [2.45, 2.75) is 13.0 Å². The molecule has 104 valence electrons. The predicted molar refractivity (Wildman–Crippen MR) is 76.3 cm³/mol. The van der Waals surface area contributed by atoms with E-state index in [0.717, 1.165) is 12.4 Å². The molecule has 0 bridgehead atoms. The summed E-state index contributed by atoms with van der Waals surface area (Å²) in [5.74, 6) is -0.0549. The van der Waals surface area contributed by atoms with Crippen LogP contribution in [0.2, 0.25) is 0 Å². The number of carbonyl (C=O) groups is 1. The van der Waals surface area contributed by atoms with Gasteiger partial charge in [-0.1, -0.05) is 6.07 Å². The third-order valence-corrected chi connectivity index (χ3v) is 3.61. The monoisotopic (exact) mass is 272 g/mol. The lowest BCUT2D eigenvalue weighted by molar-refractivity contribution is 0.0699. The number of morpholine rings is 1. The van der Waals surface area contributed by atoms with Crippen LogP contribution in [0.25, 0.3) is 10.9 Å². The Hall–Kier alpha value is -2.14. The zero-order chi connectivity index (χ0) is 14.1. The molecule has 5 heteroatoms. The molecule has 0 amide bonds. The van der Waals surface area contributed by atoms with Gasteiger partial charge in [-0.05, 0) is 31.2 Å². The molecule has 1 unspecified atom stereocenters. The van der Waals surface area contributed by atoms with E-state index in [1.54, 1.807) is 12.1 Å². The molecular formula is C15H16N2O3. The van der Waals surface area contributed by atoms with Crippen LogP contribution in [0.1, 0.15) is 17.3 Å². The molecule has 0 aliphatic carbocycles. The van der Waals surface area contributed by atoms with Crippen molar-refractivity contribution in [2.24, 2.45) is 0 Å². The van der Waals surface area contributed by atoms with Crippen molar-refractivity contribution in [1.82, 2.24) is 4.98 Å². The predicted octanol–water partition coefficient (Wildman–Crippen LogP) is 2.16. The Bertz CT molecular complexity index is 657. The van der Waals surface area contributed by atoms with E-state index < -0.39 is 5.97 Å². The Morgan fingerprint density at radius 1 is 1.40 bits per heavy atom. The Labute approximate surface area is 116 Å². The summed E-state index contributed by atoms with van der Waals surface area (Å²) in [5.41, 5.74) is 0.998. The van der Waals surface area contributed by atoms with Crippen molar-refractivity contribution in [2.75, 3.05) is 24.7 Å². The highest BCUT2D eigenvalue weighted by atomic mass is 16.5. The van der Waals surface area contributed by atoms with E-state index in [-0.39, 0.29) is 11.6 Å². The maximum absolute atomic E-state index is 11.2. The highest BCUT2D eigenvalue weighted by molar-refractivity contribution is 6.02. The Morgan fingerprint density at radius 3 is 3.00 bits per heavy atom. The third kappa shape index (κ3) is 2.20. The summed E-state index contributed by atoms with van der Waals surface area (Å²) < 4.78 is 5.42. The first-order valence-corrected chi connectivity index (χ1v) is 6.64. The molecule has 1 aromatic heterocycles. The van der Waals surface area contributed by atoms with Crippen LogP contribution in [0.15, 0.2) is 30.3 Å². The minimum Gasteiger partial charge on any atom is -0.478 e. The quantitative estimate of drug-likeness (QED) is 0.907. The molecule has 20 heavy (non-hydrogen) atoms. The van der Waals surface area contributed by atoms with E-state index in [4.69, 9.17) is 4.74 Å². The van der Waals surface area contributed by atoms with E-state index in [0.29, 0.717) is 24.1 Å². The number of fused-ring (bicyclic) bond motifs is 1. The second-order valence-corrected chi connectivity index (χ2v) is 4.96. The second kappa shape index (κ2) is 5.09. The van der Waals surface area contributed by atoms with Crippen LogP contribution in [0.5, 0.6) is 0 Å². The molecule has 1 atom stereocenters. The van der Waals surface area contributed by atoms with E-state index in [1.165, 1.54) is 0 Å². The first-order chi connectivity index (χ1) is 9.66. The standard InChI is InChI=1S/C15H16N2O3/c1-10-9-20-8-7-17(10)14-6-5-11-12(15(18)19)3-2-4-13(11)16-14/h2-6,10H,7-9H2,1H3,(H,18,19). The average molecular weight is 272 g/mol. The van der Waals surface area contributed by atoms with E-state index >= 15 is 0 Å². The molecule has 2 aromatic rings. The number of rotatable bonds is 2. The Morgan fingerprint density at radius 2 is 2.25 bits per heavy atom. The number of pyridine rings is 1. The number of benzene rings is 1. The van der Waals surface area contributed by atoms with E-state index in [9.17, 15) is 9.90 Å². The van der Waals surface area contributed by atoms with Crippen LogP contribution in [0, 0.1) is 0 Å². The van der Waals surface area contributed by atoms with Gasteiger partial charge in [-0.25, -0.2) is 9.78 Å². The van der Waals surface area contributed by atoms with Gasteiger partial charge in [0.25, 0.3) is 0 Å². The maximum Gasteiger partial charge on any atom is 0.336 e. The number of carboxylic acids is 1. The molecule has 1 aliphatic rings. The van der Waals surface area contributed by atoms with Crippen molar-refractivity contribution in [1.29, 1.82) is 0 Å². The smallest absolute Gasteiger partial charge is 0.336 e. The van der Waals surface area contributed by atoms with Crippen LogP contribution in [-0.2, 0) is 4.74 Å². The first kappa shape index (κ1) is 12.9. The largest absolute Gasteiger partial charge is 0.478 e. The summed E-state index contributed by atoms with van der Waals surface area (Å²) in [6.45, 7) is 4.28. The molecular weight excluding hydrogens is 256 g/mol. The van der Waals surface area contributed by atoms with E-state index in [1.807, 2.05) is 18.2 Å². The lowest BCUT2D eigenvalue weighted by Crippen LogP contribution is -2.44. The van der Waals surface area contributed by atoms with Gasteiger partial charge in [0.15, 0.2) is 0 Å². The summed E-state index contributed by atoms with van der Waals surface area (Å²) in [6.07, 6.45) is 0. The molecule has 1 aromatic carbocycles. The summed E-state index contributed by atoms with van der Waals surface area (Å²) in [5, 5.41) is 9.86. The van der Waals surface area contributed by atoms with Crippen LogP contribution in [0.4, 0.5) is 5.82 Å². The Kier molecular flexibility index (Phi) is 3.28. The number of hydrogen-bond acceptors (Lipinski definition) is 4. The van der Waals surface area contributed by atoms with E-state index in [2.05, 4.69) is 16.8 Å². The third-order valence-electron chi connectivity index (χ3n) is 3.61. The summed E-state index contributed by atoms with van der Waals surface area (Å²) >= 11 is 0. The van der Waals surface area contributed by atoms with Gasteiger partial charge in [0.2, 0.25) is 0 Å². The van der Waals surface area contributed by atoms with Gasteiger partial charge in [-0.15, -0.1) is 0 Å². The fourth-order valence-electron chi connectivity index (χ4n) is 2.56. The van der Waals surface area contributed by atoms with Gasteiger partial charge in [0.1, 0.15) is 5.82 Å². The molecule has 3 rings (SSSR count). The van der Waals surface area contributed by atoms with Crippen LogP contribution < -0.4 is 4.90 Å². The minimum absolute atomic E-state index is 0.274. The van der Waals surface area contributed by atoms with Gasteiger partial charge in [-0.2, -0.15) is 0 Å². The van der Waals surface area contributed by atoms with Gasteiger partial charge >= 0.3 is 5.97 Å². The molecule has 1 N–H and O–H groups in total. The minimum atomic E-state index is -0.926. The number of aromatic carboxylic acids is 1. The number of hydrogen-bond donors (Lipinski definition) is 1. The summed E-state index contributed by atoms with van der Waals surface area (Å²) in [7, 11) is 0. The van der Waals surface area contributed by atoms with Crippen molar-refractivity contribution < 1.29 is 14.6 Å². The molecule has 0 spiro atoms. The molecule has 5 nitrogen and oxygen atoms in total. The van der Waals surface area contributed by atoms with Crippen molar-refractivity contribution in [3.05, 3.63) is 35.9 Å². The lowest BCUT2D eigenvalue weighted by atomic mass is 10.1. The molecule has 2 heterocycles. The molecule has 1 saturated heterocycles. The van der Waals surface area contributed by atoms with Crippen LogP contribution in [0.3, 0.4) is 0 Å². The second-order valence-electron chi connectivity index (χ2n) is 4.96. The first-order valence-electron chi connectivity index (χ1n) is 6.64. The molecule has 0 radical (unpaired) electrons. The highest BCUT2D eigenvalue weighted by Gasteiger charge is 2.20. The number of aromatic nitrogens is 1. The fraction of sp³-hybridized carbons (Fsp3) is 0.333. The molecule has 1 fully saturated rings. The lowest BCUT2D eigenvalue weighted by Gasteiger charge is -2.34. The van der Waals surface area contributed by atoms with Crippen molar-refractivity contribution in [3.63, 3.8) is 0 Å². The number of nitrogens with zero attached hydrogens (tertiary/aromatic N) is 2. The zero-order valence-electron chi connectivity index (χ0n) is 11.2. The van der Waals surface area contributed by atoms with Crippen molar-refractivity contribution in [3.8, 4) is 0 Å². The topological polar surface area (TPSA) is 62.7 Å². The van der Waals surface area contributed by atoms with Gasteiger partial charge in [-0.3, -0.25) is 0 Å². The van der Waals surface area contributed by atoms with Crippen LogP contribution >= 0.6 is 0 Å². The van der Waals surface area contributed by atoms with Crippen LogP contribution in [-0.4, -0.2) is 41.9 Å². The van der Waals surface area contributed by atoms with Gasteiger partial charge < -0.3 is 14.7 Å². The summed E-state index contributed by atoms with van der Waals surface area (Å²) in [6, 6.07) is 9.17.